The molecule has 2 atom stereocenters. The molecule has 2 aliphatic heterocycles. The van der Waals surface area contributed by atoms with Crippen LogP contribution in [-0.2, 0) is 14.3 Å². The summed E-state index contributed by atoms with van der Waals surface area (Å²) in [5.74, 6) is -0.943. The molecule has 5 nitrogen and oxygen atoms in total. The van der Waals surface area contributed by atoms with Crippen LogP contribution in [0.4, 0.5) is 5.69 Å². The molecule has 0 spiro atoms. The van der Waals surface area contributed by atoms with E-state index in [1.54, 1.807) is 29.2 Å². The highest BCUT2D eigenvalue weighted by Crippen LogP contribution is 2.26. The van der Waals surface area contributed by atoms with Gasteiger partial charge in [-0.25, -0.2) is 0 Å². The Balaban J connectivity index is 1.58. The summed E-state index contributed by atoms with van der Waals surface area (Å²) in [6.45, 7) is 1.80. The van der Waals surface area contributed by atoms with Gasteiger partial charge in [0, 0.05) is 30.4 Å². The molecule has 1 aromatic rings. The highest BCUT2D eigenvalue weighted by atomic mass is 35.5. The van der Waals surface area contributed by atoms with Crippen LogP contribution >= 0.6 is 11.6 Å². The number of anilines is 1. The maximum atomic E-state index is 12.4. The average molecular weight is 323 g/mol. The van der Waals surface area contributed by atoms with Crippen LogP contribution in [-0.4, -0.2) is 37.6 Å². The first-order valence-corrected chi connectivity index (χ1v) is 7.99. The van der Waals surface area contributed by atoms with Gasteiger partial charge < -0.3 is 15.0 Å². The summed E-state index contributed by atoms with van der Waals surface area (Å²) < 4.78 is 5.47. The number of hydrogen-bond acceptors (Lipinski definition) is 3. The van der Waals surface area contributed by atoms with Gasteiger partial charge in [-0.3, -0.25) is 9.59 Å². The molecule has 2 amide bonds. The Labute approximate surface area is 134 Å². The van der Waals surface area contributed by atoms with Crippen molar-refractivity contribution in [1.29, 1.82) is 0 Å². The Bertz CT molecular complexity index is 555. The molecule has 2 aliphatic rings. The van der Waals surface area contributed by atoms with Gasteiger partial charge in [-0.05, 0) is 43.5 Å². The van der Waals surface area contributed by atoms with Gasteiger partial charge in [-0.15, -0.1) is 0 Å². The highest BCUT2D eigenvalue weighted by Gasteiger charge is 2.37. The zero-order valence-corrected chi connectivity index (χ0v) is 13.0. The Morgan fingerprint density at radius 1 is 1.32 bits per heavy atom. The monoisotopic (exact) mass is 322 g/mol. The van der Waals surface area contributed by atoms with Crippen molar-refractivity contribution in [3.8, 4) is 0 Å². The molecule has 2 fully saturated rings. The van der Waals surface area contributed by atoms with Crippen LogP contribution in [0.2, 0.25) is 5.02 Å². The average Bonchev–Trinajstić information content (AvgIpc) is 3.15. The van der Waals surface area contributed by atoms with Gasteiger partial charge in [0.15, 0.2) is 0 Å². The van der Waals surface area contributed by atoms with Gasteiger partial charge in [0.2, 0.25) is 11.8 Å². The predicted molar refractivity (Wildman–Crippen MR) is 83.9 cm³/mol. The second kappa shape index (κ2) is 6.67. The largest absolute Gasteiger partial charge is 0.376 e. The molecule has 0 radical (unpaired) electrons. The molecule has 0 aliphatic carbocycles. The number of hydrogen-bond donors (Lipinski definition) is 1. The molecule has 118 valence electrons. The van der Waals surface area contributed by atoms with E-state index in [9.17, 15) is 9.59 Å². The van der Waals surface area contributed by atoms with Crippen LogP contribution < -0.4 is 10.2 Å². The van der Waals surface area contributed by atoms with Crippen molar-refractivity contribution in [1.82, 2.24) is 5.32 Å². The molecule has 2 heterocycles. The molecule has 0 saturated carbocycles. The summed E-state index contributed by atoms with van der Waals surface area (Å²) in [5, 5.41) is 3.47. The van der Waals surface area contributed by atoms with Gasteiger partial charge in [0.25, 0.3) is 0 Å². The van der Waals surface area contributed by atoms with E-state index >= 15 is 0 Å². The van der Waals surface area contributed by atoms with Gasteiger partial charge in [-0.2, -0.15) is 0 Å². The third-order valence-electron chi connectivity index (χ3n) is 4.19. The standard InChI is InChI=1S/C16H19ClN2O3/c17-11-3-5-12(6-4-11)19-8-7-14(16(19)21)15(20)18-10-13-2-1-9-22-13/h3-6,13-14H,1-2,7-10H2,(H,18,20)/t13-,14-/m0/s1. The topological polar surface area (TPSA) is 58.6 Å². The number of nitrogens with one attached hydrogen (secondary N) is 1. The second-order valence-electron chi connectivity index (χ2n) is 5.69. The minimum atomic E-state index is -0.600. The molecule has 2 saturated heterocycles. The summed E-state index contributed by atoms with van der Waals surface area (Å²) in [7, 11) is 0. The molecule has 6 heteroatoms. The summed E-state index contributed by atoms with van der Waals surface area (Å²) in [5.41, 5.74) is 0.781. The quantitative estimate of drug-likeness (QED) is 0.862. The first-order valence-electron chi connectivity index (χ1n) is 7.61. The van der Waals surface area contributed by atoms with Gasteiger partial charge >= 0.3 is 0 Å². The number of rotatable bonds is 4. The van der Waals surface area contributed by atoms with Gasteiger partial charge in [-0.1, -0.05) is 11.6 Å². The van der Waals surface area contributed by atoms with Crippen LogP contribution in [0.25, 0.3) is 0 Å². The summed E-state index contributed by atoms with van der Waals surface area (Å²) in [6, 6.07) is 7.09. The zero-order valence-electron chi connectivity index (χ0n) is 12.3. The SMILES string of the molecule is O=C(NC[C@@H]1CCCO1)[C@@H]1CCN(c2ccc(Cl)cc2)C1=O. The third-order valence-corrected chi connectivity index (χ3v) is 4.44. The normalized spacial score (nSPS) is 24.8. The summed E-state index contributed by atoms with van der Waals surface area (Å²) >= 11 is 5.86. The second-order valence-corrected chi connectivity index (χ2v) is 6.12. The van der Waals surface area contributed by atoms with Crippen LogP contribution in [0.3, 0.4) is 0 Å². The van der Waals surface area contributed by atoms with E-state index in [1.165, 1.54) is 0 Å². The first-order chi connectivity index (χ1) is 10.6. The molecule has 1 N–H and O–H groups in total. The maximum Gasteiger partial charge on any atom is 0.239 e. The number of ether oxygens (including phenoxy) is 1. The smallest absolute Gasteiger partial charge is 0.239 e. The maximum absolute atomic E-state index is 12.4. The van der Waals surface area contributed by atoms with Crippen molar-refractivity contribution in [2.24, 2.45) is 5.92 Å². The number of carbonyl (C=O) groups is 2. The minimum absolute atomic E-state index is 0.0906. The molecule has 22 heavy (non-hydrogen) atoms. The molecule has 0 aromatic heterocycles. The Kier molecular flexibility index (Phi) is 4.64. The van der Waals surface area contributed by atoms with Crippen molar-refractivity contribution in [2.45, 2.75) is 25.4 Å². The van der Waals surface area contributed by atoms with Crippen molar-refractivity contribution in [2.75, 3.05) is 24.6 Å². The molecule has 0 bridgehead atoms. The fraction of sp³-hybridized carbons (Fsp3) is 0.500. The summed E-state index contributed by atoms with van der Waals surface area (Å²) in [4.78, 5) is 26.3. The third kappa shape index (κ3) is 3.25. The minimum Gasteiger partial charge on any atom is -0.376 e. The van der Waals surface area contributed by atoms with Crippen LogP contribution in [0.15, 0.2) is 24.3 Å². The zero-order chi connectivity index (χ0) is 15.5. The molecule has 0 unspecified atom stereocenters. The van der Waals surface area contributed by atoms with E-state index in [1.807, 2.05) is 0 Å². The number of amides is 2. The Morgan fingerprint density at radius 2 is 2.09 bits per heavy atom. The van der Waals surface area contributed by atoms with Crippen LogP contribution in [0.5, 0.6) is 0 Å². The molecule has 1 aromatic carbocycles. The lowest BCUT2D eigenvalue weighted by Crippen LogP contribution is -2.39. The van der Waals surface area contributed by atoms with Gasteiger partial charge in [0.05, 0.1) is 6.10 Å². The van der Waals surface area contributed by atoms with E-state index in [0.29, 0.717) is 24.5 Å². The number of nitrogens with zero attached hydrogens (tertiary/aromatic N) is 1. The summed E-state index contributed by atoms with van der Waals surface area (Å²) in [6.07, 6.45) is 2.63. The number of carbonyl (C=O) groups excluding carboxylic acids is 2. The predicted octanol–water partition coefficient (Wildman–Crippen LogP) is 1.99. The van der Waals surface area contributed by atoms with Crippen molar-refractivity contribution in [3.63, 3.8) is 0 Å². The van der Waals surface area contributed by atoms with E-state index in [0.717, 1.165) is 25.1 Å². The van der Waals surface area contributed by atoms with E-state index in [2.05, 4.69) is 5.32 Å². The van der Waals surface area contributed by atoms with Crippen molar-refractivity contribution >= 4 is 29.1 Å². The number of benzene rings is 1. The first kappa shape index (κ1) is 15.3. The lowest BCUT2D eigenvalue weighted by molar-refractivity contribution is -0.132. The molecular weight excluding hydrogens is 304 g/mol. The highest BCUT2D eigenvalue weighted by molar-refractivity contribution is 6.30. The van der Waals surface area contributed by atoms with Crippen molar-refractivity contribution in [3.05, 3.63) is 29.3 Å². The van der Waals surface area contributed by atoms with Gasteiger partial charge in [0.1, 0.15) is 5.92 Å². The van der Waals surface area contributed by atoms with E-state index in [-0.39, 0.29) is 17.9 Å². The fourth-order valence-corrected chi connectivity index (χ4v) is 3.07. The molecular formula is C16H19ClN2O3. The number of halogens is 1. The van der Waals surface area contributed by atoms with Crippen molar-refractivity contribution < 1.29 is 14.3 Å². The lowest BCUT2D eigenvalue weighted by Gasteiger charge is -2.17. The van der Waals surface area contributed by atoms with Crippen LogP contribution in [0, 0.1) is 5.92 Å². The van der Waals surface area contributed by atoms with E-state index < -0.39 is 5.92 Å². The fourth-order valence-electron chi connectivity index (χ4n) is 2.94. The Morgan fingerprint density at radius 3 is 2.77 bits per heavy atom. The Hall–Kier alpha value is -1.59. The van der Waals surface area contributed by atoms with E-state index in [4.69, 9.17) is 16.3 Å². The van der Waals surface area contributed by atoms with Crippen LogP contribution in [0.1, 0.15) is 19.3 Å². The lowest BCUT2D eigenvalue weighted by atomic mass is 10.1. The molecule has 3 rings (SSSR count).